The molecule has 0 amide bonds. The van der Waals surface area contributed by atoms with Gasteiger partial charge < -0.3 is 10.0 Å². The van der Waals surface area contributed by atoms with E-state index in [1.807, 2.05) is 0 Å². The highest BCUT2D eigenvalue weighted by atomic mass is 35.5. The van der Waals surface area contributed by atoms with Gasteiger partial charge in [-0.05, 0) is 23.7 Å². The minimum atomic E-state index is -4.69. The van der Waals surface area contributed by atoms with Crippen LogP contribution in [0.1, 0.15) is 5.56 Å². The Morgan fingerprint density at radius 2 is 1.88 bits per heavy atom. The Morgan fingerprint density at radius 1 is 1.15 bits per heavy atom. The van der Waals surface area contributed by atoms with E-state index in [4.69, 9.17) is 11.6 Å². The van der Waals surface area contributed by atoms with Crippen LogP contribution in [-0.2, 0) is 17.2 Å². The van der Waals surface area contributed by atoms with Crippen LogP contribution in [0, 0.1) is 0 Å². The summed E-state index contributed by atoms with van der Waals surface area (Å²) in [4.78, 5) is 15.3. The average Bonchev–Trinajstić information content (AvgIpc) is 2.55. The zero-order valence-corrected chi connectivity index (χ0v) is 14.6. The number of hydrogen-bond acceptors (Lipinski definition) is 6. The summed E-state index contributed by atoms with van der Waals surface area (Å²) < 4.78 is 53.9. The standard InChI is InChI=1S/C14H10ClF3N6OS/c1-26(25)24-11-9(3-2-8-10(11)20-5-4-19-8)22-12-7(14(16,17)18)6-21-13(15)23-12/h2-6,24H,1H3,(H,21,22,23). The zero-order valence-electron chi connectivity index (χ0n) is 13.0. The molecule has 7 nitrogen and oxygen atoms in total. The van der Waals surface area contributed by atoms with Gasteiger partial charge in [-0.3, -0.25) is 9.97 Å². The highest BCUT2D eigenvalue weighted by Crippen LogP contribution is 2.37. The number of nitrogens with zero attached hydrogens (tertiary/aromatic N) is 4. The second kappa shape index (κ2) is 7.00. The summed E-state index contributed by atoms with van der Waals surface area (Å²) in [7, 11) is -1.51. The molecule has 2 aromatic heterocycles. The molecule has 0 aliphatic carbocycles. The van der Waals surface area contributed by atoms with E-state index in [1.165, 1.54) is 24.7 Å². The van der Waals surface area contributed by atoms with Crippen LogP contribution in [0.2, 0.25) is 5.28 Å². The first-order chi connectivity index (χ1) is 12.3. The van der Waals surface area contributed by atoms with E-state index in [2.05, 4.69) is 30.0 Å². The van der Waals surface area contributed by atoms with Gasteiger partial charge in [-0.25, -0.2) is 9.19 Å². The van der Waals surface area contributed by atoms with E-state index in [0.717, 1.165) is 0 Å². The van der Waals surface area contributed by atoms with Crippen molar-refractivity contribution in [3.8, 4) is 0 Å². The van der Waals surface area contributed by atoms with Crippen LogP contribution in [0.3, 0.4) is 0 Å². The summed E-state index contributed by atoms with van der Waals surface area (Å²) >= 11 is 5.64. The van der Waals surface area contributed by atoms with Crippen LogP contribution in [0.5, 0.6) is 0 Å². The highest BCUT2D eigenvalue weighted by molar-refractivity contribution is 7.85. The largest absolute Gasteiger partial charge is 0.421 e. The molecule has 0 bridgehead atoms. The van der Waals surface area contributed by atoms with Crippen molar-refractivity contribution in [1.29, 1.82) is 0 Å². The number of benzene rings is 1. The third kappa shape index (κ3) is 3.83. The van der Waals surface area contributed by atoms with E-state index in [9.17, 15) is 17.4 Å². The summed E-state index contributed by atoms with van der Waals surface area (Å²) in [5.74, 6) is -0.536. The van der Waals surface area contributed by atoms with Gasteiger partial charge >= 0.3 is 6.18 Å². The number of aromatic nitrogens is 4. The van der Waals surface area contributed by atoms with Gasteiger partial charge in [-0.1, -0.05) is 0 Å². The molecule has 0 spiro atoms. The quantitative estimate of drug-likeness (QED) is 0.648. The number of rotatable bonds is 4. The lowest BCUT2D eigenvalue weighted by Crippen LogP contribution is -2.12. The molecule has 12 heteroatoms. The van der Waals surface area contributed by atoms with Crippen LogP contribution in [0.25, 0.3) is 11.0 Å². The Balaban J connectivity index is 2.15. The van der Waals surface area contributed by atoms with E-state index in [0.29, 0.717) is 17.2 Å². The Hall–Kier alpha value is -2.53. The van der Waals surface area contributed by atoms with Crippen molar-refractivity contribution in [2.45, 2.75) is 6.18 Å². The lowest BCUT2D eigenvalue weighted by molar-refractivity contribution is -0.137. The Morgan fingerprint density at radius 3 is 2.58 bits per heavy atom. The fourth-order valence-corrected chi connectivity index (χ4v) is 2.81. The maximum absolute atomic E-state index is 13.2. The minimum Gasteiger partial charge on any atom is -0.338 e. The monoisotopic (exact) mass is 402 g/mol. The Labute approximate surface area is 152 Å². The van der Waals surface area contributed by atoms with Crippen LogP contribution in [-0.4, -0.2) is 30.4 Å². The summed E-state index contributed by atoms with van der Waals surface area (Å²) in [6.45, 7) is 0. The van der Waals surface area contributed by atoms with E-state index < -0.39 is 28.5 Å². The van der Waals surface area contributed by atoms with Crippen molar-refractivity contribution in [3.63, 3.8) is 0 Å². The van der Waals surface area contributed by atoms with Crippen molar-refractivity contribution < 1.29 is 17.4 Å². The van der Waals surface area contributed by atoms with Gasteiger partial charge in [0.2, 0.25) is 5.28 Å². The first-order valence-corrected chi connectivity index (χ1v) is 8.90. The van der Waals surface area contributed by atoms with Crippen molar-refractivity contribution in [2.24, 2.45) is 0 Å². The third-order valence-corrected chi connectivity index (χ3v) is 3.88. The van der Waals surface area contributed by atoms with Crippen LogP contribution < -0.4 is 10.0 Å². The van der Waals surface area contributed by atoms with Crippen LogP contribution in [0.15, 0.2) is 30.7 Å². The van der Waals surface area contributed by atoms with Crippen molar-refractivity contribution in [1.82, 2.24) is 19.9 Å². The zero-order chi connectivity index (χ0) is 18.9. The minimum absolute atomic E-state index is 0.175. The molecule has 1 atom stereocenters. The van der Waals surface area contributed by atoms with Gasteiger partial charge in [0.15, 0.2) is 0 Å². The maximum Gasteiger partial charge on any atom is 0.421 e. The molecule has 136 valence electrons. The number of halogens is 4. The number of hydrogen-bond donors (Lipinski definition) is 2. The molecule has 1 unspecified atom stereocenters. The molecule has 2 N–H and O–H groups in total. The fraction of sp³-hybridized carbons (Fsp3) is 0.143. The molecular formula is C14H10ClF3N6OS. The number of anilines is 3. The first kappa shape index (κ1) is 18.3. The van der Waals surface area contributed by atoms with Crippen LogP contribution >= 0.6 is 11.6 Å². The molecular weight excluding hydrogens is 393 g/mol. The Kier molecular flexibility index (Phi) is 4.92. The molecule has 3 aromatic rings. The SMILES string of the molecule is CS(=O)Nc1c(Nc2nc(Cl)ncc2C(F)(F)F)ccc2nccnc12. The first-order valence-electron chi connectivity index (χ1n) is 6.96. The molecule has 0 saturated carbocycles. The van der Waals surface area contributed by atoms with Crippen LogP contribution in [0.4, 0.5) is 30.4 Å². The van der Waals surface area contributed by atoms with Gasteiger partial charge in [0, 0.05) is 24.8 Å². The second-order valence-corrected chi connectivity index (χ2v) is 6.44. The molecule has 0 aliphatic rings. The summed E-state index contributed by atoms with van der Waals surface area (Å²) in [5, 5.41) is 2.21. The molecule has 26 heavy (non-hydrogen) atoms. The molecule has 0 saturated heterocycles. The summed E-state index contributed by atoms with van der Waals surface area (Å²) in [6, 6.07) is 3.03. The number of nitrogens with one attached hydrogen (secondary N) is 2. The molecule has 1 aromatic carbocycles. The normalized spacial score (nSPS) is 12.8. The van der Waals surface area contributed by atoms with Gasteiger partial charge in [-0.15, -0.1) is 0 Å². The second-order valence-electron chi connectivity index (χ2n) is 4.99. The van der Waals surface area contributed by atoms with Gasteiger partial charge in [-0.2, -0.15) is 18.2 Å². The molecule has 0 fully saturated rings. The Bertz CT molecular complexity index is 1000. The van der Waals surface area contributed by atoms with E-state index in [1.54, 1.807) is 6.07 Å². The van der Waals surface area contributed by atoms with E-state index >= 15 is 0 Å². The maximum atomic E-state index is 13.2. The number of alkyl halides is 3. The summed E-state index contributed by atoms with van der Waals surface area (Å²) in [5.41, 5.74) is 0.113. The predicted molar refractivity (Wildman–Crippen MR) is 92.6 cm³/mol. The highest BCUT2D eigenvalue weighted by Gasteiger charge is 2.35. The fourth-order valence-electron chi connectivity index (χ4n) is 2.18. The molecule has 2 heterocycles. The van der Waals surface area contributed by atoms with Gasteiger partial charge in [0.1, 0.15) is 27.9 Å². The van der Waals surface area contributed by atoms with Gasteiger partial charge in [0.25, 0.3) is 0 Å². The van der Waals surface area contributed by atoms with E-state index in [-0.39, 0.29) is 16.7 Å². The van der Waals surface area contributed by atoms with Gasteiger partial charge in [0.05, 0.1) is 16.9 Å². The predicted octanol–water partition coefficient (Wildman–Crippen LogP) is 3.54. The topological polar surface area (TPSA) is 92.7 Å². The smallest absolute Gasteiger partial charge is 0.338 e. The lowest BCUT2D eigenvalue weighted by atomic mass is 10.2. The lowest BCUT2D eigenvalue weighted by Gasteiger charge is -2.16. The van der Waals surface area contributed by atoms with Crippen molar-refractivity contribution in [2.75, 3.05) is 16.3 Å². The van der Waals surface area contributed by atoms with Crippen molar-refractivity contribution >= 4 is 50.8 Å². The van der Waals surface area contributed by atoms with Crippen molar-refractivity contribution in [3.05, 3.63) is 41.6 Å². The average molecular weight is 403 g/mol. The summed E-state index contributed by atoms with van der Waals surface area (Å²) in [6.07, 6.45) is 0.155. The third-order valence-electron chi connectivity index (χ3n) is 3.20. The number of fused-ring (bicyclic) bond motifs is 1. The molecule has 0 radical (unpaired) electrons. The molecule has 3 rings (SSSR count). The molecule has 0 aliphatic heterocycles.